The lowest BCUT2D eigenvalue weighted by atomic mass is 9.80. The summed E-state index contributed by atoms with van der Waals surface area (Å²) in [6.07, 6.45) is 3.37. The fourth-order valence-corrected chi connectivity index (χ4v) is 3.19. The second-order valence-corrected chi connectivity index (χ2v) is 6.04. The summed E-state index contributed by atoms with van der Waals surface area (Å²) in [6.45, 7) is 4.50. The van der Waals surface area contributed by atoms with E-state index in [-0.39, 0.29) is 11.9 Å². The number of carbonyl (C=O) groups excluding carboxylic acids is 1. The van der Waals surface area contributed by atoms with Gasteiger partial charge in [-0.2, -0.15) is 0 Å². The Bertz CT molecular complexity index is 477. The van der Waals surface area contributed by atoms with E-state index < -0.39 is 0 Å². The van der Waals surface area contributed by atoms with Crippen molar-refractivity contribution in [3.05, 3.63) is 23.8 Å². The zero-order valence-corrected chi connectivity index (χ0v) is 12.5. The van der Waals surface area contributed by atoms with Crippen molar-refractivity contribution in [2.24, 2.45) is 11.8 Å². The highest BCUT2D eigenvalue weighted by atomic mass is 16.5. The minimum atomic E-state index is -0.0467. The standard InChI is InChI=1S/C16H24N2O2/c1-10-6-11(2)8-13(7-10)18-16(19)12-4-5-14(17)15(9-12)20-3/h4-5,9-11,13H,6-8,17H2,1-3H3,(H,18,19). The van der Waals surface area contributed by atoms with E-state index in [1.54, 1.807) is 25.3 Å². The molecule has 2 atom stereocenters. The average molecular weight is 276 g/mol. The van der Waals surface area contributed by atoms with E-state index >= 15 is 0 Å². The lowest BCUT2D eigenvalue weighted by molar-refractivity contribution is 0.0911. The summed E-state index contributed by atoms with van der Waals surface area (Å²) < 4.78 is 5.15. The van der Waals surface area contributed by atoms with Gasteiger partial charge < -0.3 is 15.8 Å². The first-order valence-corrected chi connectivity index (χ1v) is 7.24. The molecule has 0 aliphatic heterocycles. The number of anilines is 1. The molecule has 2 unspecified atom stereocenters. The molecule has 0 bridgehead atoms. The molecule has 20 heavy (non-hydrogen) atoms. The van der Waals surface area contributed by atoms with Gasteiger partial charge in [-0.25, -0.2) is 0 Å². The molecule has 0 saturated heterocycles. The first-order chi connectivity index (χ1) is 9.49. The maximum absolute atomic E-state index is 12.3. The number of carbonyl (C=O) groups is 1. The van der Waals surface area contributed by atoms with Crippen LogP contribution in [0.2, 0.25) is 0 Å². The fraction of sp³-hybridized carbons (Fsp3) is 0.562. The molecule has 0 aromatic heterocycles. The molecule has 1 aliphatic carbocycles. The van der Waals surface area contributed by atoms with E-state index in [0.717, 1.165) is 12.8 Å². The number of benzene rings is 1. The number of amides is 1. The Balaban J connectivity index is 2.04. The Morgan fingerprint density at radius 1 is 1.25 bits per heavy atom. The molecule has 4 nitrogen and oxygen atoms in total. The number of ether oxygens (including phenoxy) is 1. The van der Waals surface area contributed by atoms with Gasteiger partial charge in [0.1, 0.15) is 5.75 Å². The van der Waals surface area contributed by atoms with Crippen LogP contribution in [-0.4, -0.2) is 19.1 Å². The van der Waals surface area contributed by atoms with Crippen LogP contribution in [-0.2, 0) is 0 Å². The number of rotatable bonds is 3. The normalized spacial score (nSPS) is 26.1. The molecule has 3 N–H and O–H groups in total. The van der Waals surface area contributed by atoms with Crippen LogP contribution < -0.4 is 15.8 Å². The quantitative estimate of drug-likeness (QED) is 0.834. The van der Waals surface area contributed by atoms with Crippen LogP contribution >= 0.6 is 0 Å². The second-order valence-electron chi connectivity index (χ2n) is 6.04. The van der Waals surface area contributed by atoms with E-state index in [9.17, 15) is 4.79 Å². The van der Waals surface area contributed by atoms with Gasteiger partial charge in [0.15, 0.2) is 0 Å². The summed E-state index contributed by atoms with van der Waals surface area (Å²) in [5.41, 5.74) is 6.91. The van der Waals surface area contributed by atoms with Crippen molar-refractivity contribution >= 4 is 11.6 Å². The van der Waals surface area contributed by atoms with Crippen molar-refractivity contribution in [2.45, 2.75) is 39.2 Å². The molecule has 1 saturated carbocycles. The zero-order valence-electron chi connectivity index (χ0n) is 12.5. The average Bonchev–Trinajstić information content (AvgIpc) is 2.37. The summed E-state index contributed by atoms with van der Waals surface area (Å²) in [6, 6.07) is 5.41. The molecule has 1 fully saturated rings. The largest absolute Gasteiger partial charge is 0.495 e. The Hall–Kier alpha value is -1.71. The number of nitrogens with one attached hydrogen (secondary N) is 1. The van der Waals surface area contributed by atoms with E-state index in [1.165, 1.54) is 6.42 Å². The SMILES string of the molecule is COc1cc(C(=O)NC2CC(C)CC(C)C2)ccc1N. The summed E-state index contributed by atoms with van der Waals surface area (Å²) in [5, 5.41) is 3.13. The molecule has 0 heterocycles. The van der Waals surface area contributed by atoms with Gasteiger partial charge in [-0.15, -0.1) is 0 Å². The van der Waals surface area contributed by atoms with Crippen LogP contribution in [0.15, 0.2) is 18.2 Å². The molecule has 0 spiro atoms. The number of hydrogen-bond donors (Lipinski definition) is 2. The third kappa shape index (κ3) is 3.44. The van der Waals surface area contributed by atoms with Crippen molar-refractivity contribution in [1.29, 1.82) is 0 Å². The van der Waals surface area contributed by atoms with E-state index in [0.29, 0.717) is 28.8 Å². The van der Waals surface area contributed by atoms with E-state index in [1.807, 2.05) is 0 Å². The van der Waals surface area contributed by atoms with Gasteiger partial charge in [-0.05, 0) is 49.3 Å². The monoisotopic (exact) mass is 276 g/mol. The first kappa shape index (κ1) is 14.7. The number of hydrogen-bond acceptors (Lipinski definition) is 3. The van der Waals surface area contributed by atoms with Gasteiger partial charge in [0.05, 0.1) is 12.8 Å². The van der Waals surface area contributed by atoms with Gasteiger partial charge in [0.2, 0.25) is 0 Å². The van der Waals surface area contributed by atoms with Crippen LogP contribution in [0.5, 0.6) is 5.75 Å². The molecule has 4 heteroatoms. The lowest BCUT2D eigenvalue weighted by Crippen LogP contribution is -2.40. The highest BCUT2D eigenvalue weighted by Crippen LogP contribution is 2.29. The Morgan fingerprint density at radius 3 is 2.50 bits per heavy atom. The highest BCUT2D eigenvalue weighted by molar-refractivity contribution is 5.95. The topological polar surface area (TPSA) is 64.3 Å². The highest BCUT2D eigenvalue weighted by Gasteiger charge is 2.25. The van der Waals surface area contributed by atoms with Crippen LogP contribution in [0.3, 0.4) is 0 Å². The van der Waals surface area contributed by atoms with E-state index in [4.69, 9.17) is 10.5 Å². The molecule has 1 amide bonds. The molecule has 1 aliphatic rings. The molecule has 110 valence electrons. The van der Waals surface area contributed by atoms with Gasteiger partial charge in [-0.3, -0.25) is 4.79 Å². The predicted molar refractivity (Wildman–Crippen MR) is 80.8 cm³/mol. The Kier molecular flexibility index (Phi) is 4.53. The Labute approximate surface area is 120 Å². The molecular formula is C16H24N2O2. The van der Waals surface area contributed by atoms with Crippen molar-refractivity contribution in [3.63, 3.8) is 0 Å². The van der Waals surface area contributed by atoms with Crippen LogP contribution in [0, 0.1) is 11.8 Å². The zero-order chi connectivity index (χ0) is 14.7. The number of nitrogen functional groups attached to an aromatic ring is 1. The number of methoxy groups -OCH3 is 1. The van der Waals surface area contributed by atoms with Crippen molar-refractivity contribution < 1.29 is 9.53 Å². The molecule has 1 aromatic carbocycles. The van der Waals surface area contributed by atoms with Gasteiger partial charge in [0, 0.05) is 11.6 Å². The predicted octanol–water partition coefficient (Wildman–Crippen LogP) is 2.83. The third-order valence-electron chi connectivity index (χ3n) is 4.01. The molecule has 2 rings (SSSR count). The summed E-state index contributed by atoms with van der Waals surface area (Å²) in [5.74, 6) is 1.84. The molecule has 0 radical (unpaired) electrons. The van der Waals surface area contributed by atoms with Gasteiger partial charge in [0.25, 0.3) is 5.91 Å². The van der Waals surface area contributed by atoms with Crippen molar-refractivity contribution in [1.82, 2.24) is 5.32 Å². The fourth-order valence-electron chi connectivity index (χ4n) is 3.19. The first-order valence-electron chi connectivity index (χ1n) is 7.24. The smallest absolute Gasteiger partial charge is 0.251 e. The summed E-state index contributed by atoms with van der Waals surface area (Å²) >= 11 is 0. The molecular weight excluding hydrogens is 252 g/mol. The maximum atomic E-state index is 12.3. The van der Waals surface area contributed by atoms with Crippen LogP contribution in [0.25, 0.3) is 0 Å². The minimum absolute atomic E-state index is 0.0467. The van der Waals surface area contributed by atoms with Crippen molar-refractivity contribution in [3.8, 4) is 5.75 Å². The second kappa shape index (κ2) is 6.16. The van der Waals surface area contributed by atoms with Crippen molar-refractivity contribution in [2.75, 3.05) is 12.8 Å². The summed E-state index contributed by atoms with van der Waals surface area (Å²) in [7, 11) is 1.55. The summed E-state index contributed by atoms with van der Waals surface area (Å²) in [4.78, 5) is 12.3. The minimum Gasteiger partial charge on any atom is -0.495 e. The van der Waals surface area contributed by atoms with Gasteiger partial charge in [-0.1, -0.05) is 13.8 Å². The van der Waals surface area contributed by atoms with Crippen LogP contribution in [0.4, 0.5) is 5.69 Å². The molecule has 1 aromatic rings. The third-order valence-corrected chi connectivity index (χ3v) is 4.01. The Morgan fingerprint density at radius 2 is 1.90 bits per heavy atom. The van der Waals surface area contributed by atoms with E-state index in [2.05, 4.69) is 19.2 Å². The lowest BCUT2D eigenvalue weighted by Gasteiger charge is -2.32. The number of nitrogens with two attached hydrogens (primary N) is 1. The maximum Gasteiger partial charge on any atom is 0.251 e. The van der Waals surface area contributed by atoms with Gasteiger partial charge >= 0.3 is 0 Å². The van der Waals surface area contributed by atoms with Crippen LogP contribution in [0.1, 0.15) is 43.5 Å².